The highest BCUT2D eigenvalue weighted by Crippen LogP contribution is 2.25. The number of carboxylic acids is 2. The zero-order chi connectivity index (χ0) is 15.1. The minimum Gasteiger partial charge on any atom is -0.481 e. The smallest absolute Gasteiger partial charge is 0.326 e. The molecule has 0 spiro atoms. The Morgan fingerprint density at radius 2 is 1.85 bits per heavy atom. The van der Waals surface area contributed by atoms with E-state index >= 15 is 0 Å². The van der Waals surface area contributed by atoms with Gasteiger partial charge in [-0.05, 0) is 25.2 Å². The summed E-state index contributed by atoms with van der Waals surface area (Å²) in [5.74, 6) is -1.81. The third kappa shape index (κ3) is 5.46. The second-order valence-corrected chi connectivity index (χ2v) is 5.30. The highest BCUT2D eigenvalue weighted by molar-refractivity contribution is 5.82. The molecule has 0 aliphatic heterocycles. The molecule has 2 amide bonds. The van der Waals surface area contributed by atoms with Crippen molar-refractivity contribution in [3.05, 3.63) is 0 Å². The molecule has 7 heteroatoms. The SMILES string of the molecule is CN(CC1CCCC1)C(=O)N[C@@H](CCC(=O)O)C(=O)O. The quantitative estimate of drug-likeness (QED) is 0.650. The van der Waals surface area contributed by atoms with Crippen molar-refractivity contribution >= 4 is 18.0 Å². The Labute approximate surface area is 117 Å². The van der Waals surface area contributed by atoms with E-state index in [1.54, 1.807) is 7.05 Å². The van der Waals surface area contributed by atoms with Crippen molar-refractivity contribution in [1.82, 2.24) is 10.2 Å². The summed E-state index contributed by atoms with van der Waals surface area (Å²) in [6.07, 6.45) is 4.14. The van der Waals surface area contributed by atoms with Gasteiger partial charge in [-0.2, -0.15) is 0 Å². The van der Waals surface area contributed by atoms with Crippen molar-refractivity contribution in [2.75, 3.05) is 13.6 Å². The molecular weight excluding hydrogens is 264 g/mol. The van der Waals surface area contributed by atoms with Gasteiger partial charge in [0, 0.05) is 20.0 Å². The van der Waals surface area contributed by atoms with Crippen molar-refractivity contribution in [1.29, 1.82) is 0 Å². The normalized spacial score (nSPS) is 16.6. The molecule has 7 nitrogen and oxygen atoms in total. The van der Waals surface area contributed by atoms with Gasteiger partial charge in [-0.25, -0.2) is 9.59 Å². The first-order valence-corrected chi connectivity index (χ1v) is 6.86. The molecule has 3 N–H and O–H groups in total. The van der Waals surface area contributed by atoms with Gasteiger partial charge in [-0.1, -0.05) is 12.8 Å². The van der Waals surface area contributed by atoms with Crippen LogP contribution in [0.15, 0.2) is 0 Å². The number of carboxylic acid groups (broad SMARTS) is 2. The number of nitrogens with one attached hydrogen (secondary N) is 1. The van der Waals surface area contributed by atoms with Gasteiger partial charge in [0.05, 0.1) is 0 Å². The molecule has 0 aromatic rings. The summed E-state index contributed by atoms with van der Waals surface area (Å²) in [5.41, 5.74) is 0. The summed E-state index contributed by atoms with van der Waals surface area (Å²) in [7, 11) is 1.63. The minimum atomic E-state index is -1.21. The van der Waals surface area contributed by atoms with Crippen LogP contribution in [-0.2, 0) is 9.59 Å². The van der Waals surface area contributed by atoms with Gasteiger partial charge in [0.1, 0.15) is 6.04 Å². The number of carbonyl (C=O) groups is 3. The molecule has 0 aromatic carbocycles. The van der Waals surface area contributed by atoms with Crippen molar-refractivity contribution < 1.29 is 24.6 Å². The van der Waals surface area contributed by atoms with E-state index in [1.165, 1.54) is 17.7 Å². The molecule has 0 heterocycles. The van der Waals surface area contributed by atoms with E-state index < -0.39 is 24.0 Å². The Kier molecular flexibility index (Phi) is 6.27. The number of carbonyl (C=O) groups excluding carboxylic acids is 1. The zero-order valence-electron chi connectivity index (χ0n) is 11.7. The molecule has 1 saturated carbocycles. The van der Waals surface area contributed by atoms with Crippen molar-refractivity contribution in [3.8, 4) is 0 Å². The van der Waals surface area contributed by atoms with E-state index in [0.717, 1.165) is 12.8 Å². The maximum absolute atomic E-state index is 11.9. The number of rotatable bonds is 7. The zero-order valence-corrected chi connectivity index (χ0v) is 11.7. The maximum atomic E-state index is 11.9. The van der Waals surface area contributed by atoms with Crippen LogP contribution in [0.5, 0.6) is 0 Å². The molecule has 20 heavy (non-hydrogen) atoms. The summed E-state index contributed by atoms with van der Waals surface area (Å²) in [6, 6.07) is -1.63. The van der Waals surface area contributed by atoms with Crippen molar-refractivity contribution in [3.63, 3.8) is 0 Å². The summed E-state index contributed by atoms with van der Waals surface area (Å²) in [6.45, 7) is 0.608. The lowest BCUT2D eigenvalue weighted by molar-refractivity contribution is -0.140. The Balaban J connectivity index is 2.42. The van der Waals surface area contributed by atoms with Gasteiger partial charge >= 0.3 is 18.0 Å². The van der Waals surface area contributed by atoms with Gasteiger partial charge in [-0.15, -0.1) is 0 Å². The van der Waals surface area contributed by atoms with Crippen LogP contribution in [0.4, 0.5) is 4.79 Å². The first-order valence-electron chi connectivity index (χ1n) is 6.86. The van der Waals surface area contributed by atoms with E-state index in [4.69, 9.17) is 10.2 Å². The van der Waals surface area contributed by atoms with Crippen LogP contribution in [0.1, 0.15) is 38.5 Å². The van der Waals surface area contributed by atoms with E-state index in [-0.39, 0.29) is 12.8 Å². The number of aliphatic carboxylic acids is 2. The Hall–Kier alpha value is -1.79. The minimum absolute atomic E-state index is 0.117. The number of amides is 2. The van der Waals surface area contributed by atoms with Crippen LogP contribution in [0.2, 0.25) is 0 Å². The molecule has 1 fully saturated rings. The van der Waals surface area contributed by atoms with E-state index in [1.807, 2.05) is 0 Å². The van der Waals surface area contributed by atoms with Gasteiger partial charge in [-0.3, -0.25) is 4.79 Å². The van der Waals surface area contributed by atoms with E-state index in [9.17, 15) is 14.4 Å². The fraction of sp³-hybridized carbons (Fsp3) is 0.769. The fourth-order valence-electron chi connectivity index (χ4n) is 2.45. The summed E-state index contributed by atoms with van der Waals surface area (Å²) in [5, 5.41) is 19.9. The molecule has 0 saturated heterocycles. The van der Waals surface area contributed by atoms with Crippen LogP contribution in [-0.4, -0.2) is 52.7 Å². The van der Waals surface area contributed by atoms with Gasteiger partial charge in [0.2, 0.25) is 0 Å². The number of hydrogen-bond donors (Lipinski definition) is 3. The standard InChI is InChI=1S/C13H22N2O5/c1-15(8-9-4-2-3-5-9)13(20)14-10(12(18)19)6-7-11(16)17/h9-10H,2-8H2,1H3,(H,14,20)(H,16,17)(H,18,19)/t10-/m0/s1. The molecule has 1 rings (SSSR count). The van der Waals surface area contributed by atoms with Crippen LogP contribution in [0, 0.1) is 5.92 Å². The first-order chi connectivity index (χ1) is 9.40. The molecule has 1 aliphatic rings. The average molecular weight is 286 g/mol. The fourth-order valence-corrected chi connectivity index (χ4v) is 2.45. The predicted octanol–water partition coefficient (Wildman–Crippen LogP) is 1.14. The van der Waals surface area contributed by atoms with Crippen LogP contribution >= 0.6 is 0 Å². The third-order valence-electron chi connectivity index (χ3n) is 3.60. The Morgan fingerprint density at radius 3 is 2.35 bits per heavy atom. The highest BCUT2D eigenvalue weighted by atomic mass is 16.4. The molecule has 0 aromatic heterocycles. The molecule has 0 radical (unpaired) electrons. The Morgan fingerprint density at radius 1 is 1.25 bits per heavy atom. The number of urea groups is 1. The summed E-state index contributed by atoms with van der Waals surface area (Å²) in [4.78, 5) is 34.8. The molecular formula is C13H22N2O5. The molecule has 0 bridgehead atoms. The Bertz CT molecular complexity index is 366. The van der Waals surface area contributed by atoms with Crippen LogP contribution in [0.25, 0.3) is 0 Å². The van der Waals surface area contributed by atoms with Crippen molar-refractivity contribution in [2.24, 2.45) is 5.92 Å². The maximum Gasteiger partial charge on any atom is 0.326 e. The highest BCUT2D eigenvalue weighted by Gasteiger charge is 2.24. The second kappa shape index (κ2) is 7.72. The van der Waals surface area contributed by atoms with Gasteiger partial charge in [0.25, 0.3) is 0 Å². The topological polar surface area (TPSA) is 107 Å². The lowest BCUT2D eigenvalue weighted by Crippen LogP contribution is -2.47. The van der Waals surface area contributed by atoms with E-state index in [2.05, 4.69) is 5.32 Å². The molecule has 114 valence electrons. The lowest BCUT2D eigenvalue weighted by atomic mass is 10.1. The monoisotopic (exact) mass is 286 g/mol. The lowest BCUT2D eigenvalue weighted by Gasteiger charge is -2.23. The van der Waals surface area contributed by atoms with Crippen LogP contribution in [0.3, 0.4) is 0 Å². The number of hydrogen-bond acceptors (Lipinski definition) is 3. The van der Waals surface area contributed by atoms with Gasteiger partial charge in [0.15, 0.2) is 0 Å². The van der Waals surface area contributed by atoms with E-state index in [0.29, 0.717) is 12.5 Å². The molecule has 0 unspecified atom stereocenters. The van der Waals surface area contributed by atoms with Crippen LogP contribution < -0.4 is 5.32 Å². The largest absolute Gasteiger partial charge is 0.481 e. The predicted molar refractivity (Wildman–Crippen MR) is 71.4 cm³/mol. The average Bonchev–Trinajstić information content (AvgIpc) is 2.86. The third-order valence-corrected chi connectivity index (χ3v) is 3.60. The molecule has 1 aliphatic carbocycles. The first kappa shape index (κ1) is 16.3. The second-order valence-electron chi connectivity index (χ2n) is 5.30. The number of nitrogens with zero attached hydrogens (tertiary/aromatic N) is 1. The van der Waals surface area contributed by atoms with Gasteiger partial charge < -0.3 is 20.4 Å². The summed E-state index contributed by atoms with van der Waals surface area (Å²) >= 11 is 0. The summed E-state index contributed by atoms with van der Waals surface area (Å²) < 4.78 is 0. The molecule has 1 atom stereocenters. The van der Waals surface area contributed by atoms with Crippen molar-refractivity contribution in [2.45, 2.75) is 44.6 Å².